The Morgan fingerprint density at radius 2 is 1.84 bits per heavy atom. The molecule has 4 atom stereocenters. The van der Waals surface area contributed by atoms with Crippen LogP contribution in [0.4, 0.5) is 0 Å². The van der Waals surface area contributed by atoms with Gasteiger partial charge in [0.15, 0.2) is 9.84 Å². The van der Waals surface area contributed by atoms with E-state index in [1.807, 2.05) is 20.8 Å². The minimum Gasteiger partial charge on any atom is -0.313 e. The predicted octanol–water partition coefficient (Wildman–Crippen LogP) is 3.00. The second-order valence-electron chi connectivity index (χ2n) is 6.56. The van der Waals surface area contributed by atoms with Crippen LogP contribution < -0.4 is 5.32 Å². The van der Waals surface area contributed by atoms with Crippen LogP contribution in [-0.4, -0.2) is 31.5 Å². The second-order valence-corrected chi connectivity index (χ2v) is 9.08. The van der Waals surface area contributed by atoms with Crippen LogP contribution in [0.5, 0.6) is 0 Å². The molecule has 0 aliphatic heterocycles. The normalized spacial score (nSPS) is 30.5. The molecule has 3 nitrogen and oxygen atoms in total. The maximum absolute atomic E-state index is 12.8. The molecule has 0 aromatic carbocycles. The fourth-order valence-corrected chi connectivity index (χ4v) is 5.51. The lowest BCUT2D eigenvalue weighted by molar-refractivity contribution is 0.306. The molecule has 0 amide bonds. The standard InChI is InChI=1S/C15H31NO2S/c1-6-9-16-14-8-7-12(4)10-15(14)19(17,18)13(5)11(2)3/h11-16H,6-10H2,1-5H3. The van der Waals surface area contributed by atoms with Gasteiger partial charge in [-0.2, -0.15) is 0 Å². The summed E-state index contributed by atoms with van der Waals surface area (Å²) >= 11 is 0. The van der Waals surface area contributed by atoms with Crippen LogP contribution in [0.1, 0.15) is 60.3 Å². The highest BCUT2D eigenvalue weighted by molar-refractivity contribution is 7.92. The molecule has 0 bridgehead atoms. The van der Waals surface area contributed by atoms with Crippen molar-refractivity contribution in [3.8, 4) is 0 Å². The minimum atomic E-state index is -3.04. The van der Waals surface area contributed by atoms with Crippen LogP contribution in [0.25, 0.3) is 0 Å². The predicted molar refractivity (Wildman–Crippen MR) is 82.1 cm³/mol. The van der Waals surface area contributed by atoms with Gasteiger partial charge in [-0.1, -0.05) is 27.7 Å². The van der Waals surface area contributed by atoms with E-state index < -0.39 is 9.84 Å². The van der Waals surface area contributed by atoms with Crippen LogP contribution in [0.15, 0.2) is 0 Å². The summed E-state index contributed by atoms with van der Waals surface area (Å²) in [6.07, 6.45) is 4.01. The van der Waals surface area contributed by atoms with Gasteiger partial charge in [-0.15, -0.1) is 0 Å². The molecular weight excluding hydrogens is 258 g/mol. The van der Waals surface area contributed by atoms with E-state index in [1.165, 1.54) is 0 Å². The molecule has 1 saturated carbocycles. The molecule has 114 valence electrons. The van der Waals surface area contributed by atoms with Crippen LogP contribution in [0, 0.1) is 11.8 Å². The molecule has 0 aromatic rings. The average molecular weight is 289 g/mol. The maximum atomic E-state index is 12.8. The molecule has 4 unspecified atom stereocenters. The lowest BCUT2D eigenvalue weighted by atomic mass is 9.87. The van der Waals surface area contributed by atoms with E-state index in [-0.39, 0.29) is 22.5 Å². The van der Waals surface area contributed by atoms with Gasteiger partial charge >= 0.3 is 0 Å². The highest BCUT2D eigenvalue weighted by atomic mass is 32.2. The number of sulfone groups is 1. The van der Waals surface area contributed by atoms with Crippen LogP contribution in [-0.2, 0) is 9.84 Å². The van der Waals surface area contributed by atoms with E-state index in [2.05, 4.69) is 19.2 Å². The van der Waals surface area contributed by atoms with Crippen molar-refractivity contribution in [3.63, 3.8) is 0 Å². The van der Waals surface area contributed by atoms with Crippen molar-refractivity contribution >= 4 is 9.84 Å². The Hall–Kier alpha value is -0.0900. The largest absolute Gasteiger partial charge is 0.313 e. The second kappa shape index (κ2) is 7.07. The van der Waals surface area contributed by atoms with Crippen LogP contribution in [0.3, 0.4) is 0 Å². The van der Waals surface area contributed by atoms with Crippen molar-refractivity contribution in [3.05, 3.63) is 0 Å². The van der Waals surface area contributed by atoms with Crippen molar-refractivity contribution < 1.29 is 8.42 Å². The lowest BCUT2D eigenvalue weighted by Gasteiger charge is -2.37. The van der Waals surface area contributed by atoms with Crippen LogP contribution >= 0.6 is 0 Å². The third-order valence-electron chi connectivity index (χ3n) is 4.59. The van der Waals surface area contributed by atoms with Gasteiger partial charge in [-0.05, 0) is 51.0 Å². The third-order valence-corrected chi connectivity index (χ3v) is 7.54. The molecule has 0 heterocycles. The molecule has 19 heavy (non-hydrogen) atoms. The fraction of sp³-hybridized carbons (Fsp3) is 1.00. The number of hydrogen-bond acceptors (Lipinski definition) is 3. The Labute approximate surface area is 119 Å². The number of hydrogen-bond donors (Lipinski definition) is 1. The SMILES string of the molecule is CCCNC1CCC(C)CC1S(=O)(=O)C(C)C(C)C. The lowest BCUT2D eigenvalue weighted by Crippen LogP contribution is -2.50. The quantitative estimate of drug-likeness (QED) is 0.817. The maximum Gasteiger partial charge on any atom is 0.157 e. The van der Waals surface area contributed by atoms with Gasteiger partial charge in [0, 0.05) is 6.04 Å². The Morgan fingerprint density at radius 1 is 1.21 bits per heavy atom. The molecule has 1 aliphatic carbocycles. The molecule has 0 radical (unpaired) electrons. The summed E-state index contributed by atoms with van der Waals surface area (Å²) in [4.78, 5) is 0. The first-order valence-corrected chi connectivity index (χ1v) is 9.37. The molecule has 0 aromatic heterocycles. The molecular formula is C15H31NO2S. The Morgan fingerprint density at radius 3 is 2.37 bits per heavy atom. The Balaban J connectivity index is 2.89. The highest BCUT2D eigenvalue weighted by Crippen LogP contribution is 2.32. The minimum absolute atomic E-state index is 0.155. The summed E-state index contributed by atoms with van der Waals surface area (Å²) in [5.41, 5.74) is 0. The summed E-state index contributed by atoms with van der Waals surface area (Å²) < 4.78 is 25.6. The molecule has 1 aliphatic rings. The van der Waals surface area contributed by atoms with Gasteiger partial charge < -0.3 is 5.32 Å². The first-order valence-electron chi connectivity index (χ1n) is 7.76. The van der Waals surface area contributed by atoms with Crippen LogP contribution in [0.2, 0.25) is 0 Å². The summed E-state index contributed by atoms with van der Waals surface area (Å²) in [5.74, 6) is 0.716. The van der Waals surface area contributed by atoms with Crippen molar-refractivity contribution in [2.24, 2.45) is 11.8 Å². The van der Waals surface area contributed by atoms with E-state index in [9.17, 15) is 8.42 Å². The Kier molecular flexibility index (Phi) is 6.31. The zero-order chi connectivity index (χ0) is 14.6. The summed E-state index contributed by atoms with van der Waals surface area (Å²) in [5, 5.41) is 3.03. The van der Waals surface area contributed by atoms with Gasteiger partial charge in [0.1, 0.15) is 0 Å². The molecule has 1 N–H and O–H groups in total. The first-order chi connectivity index (χ1) is 8.80. The monoisotopic (exact) mass is 289 g/mol. The molecule has 1 rings (SSSR count). The topological polar surface area (TPSA) is 46.2 Å². The van der Waals surface area contributed by atoms with Crippen molar-refractivity contribution in [2.45, 2.75) is 76.8 Å². The smallest absolute Gasteiger partial charge is 0.157 e. The summed E-state index contributed by atoms with van der Waals surface area (Å²) in [6.45, 7) is 11.1. The van der Waals surface area contributed by atoms with Crippen molar-refractivity contribution in [1.82, 2.24) is 5.32 Å². The van der Waals surface area contributed by atoms with Gasteiger partial charge in [0.05, 0.1) is 10.5 Å². The van der Waals surface area contributed by atoms with E-state index in [1.54, 1.807) is 0 Å². The first kappa shape index (κ1) is 17.0. The van der Waals surface area contributed by atoms with E-state index in [0.29, 0.717) is 5.92 Å². The van der Waals surface area contributed by atoms with Crippen molar-refractivity contribution in [2.75, 3.05) is 6.54 Å². The molecule has 0 saturated heterocycles. The van der Waals surface area contributed by atoms with E-state index in [0.717, 1.165) is 32.2 Å². The van der Waals surface area contributed by atoms with Gasteiger partial charge in [-0.25, -0.2) is 8.42 Å². The zero-order valence-corrected chi connectivity index (χ0v) is 14.0. The van der Waals surface area contributed by atoms with E-state index >= 15 is 0 Å². The summed E-state index contributed by atoms with van der Waals surface area (Å²) in [6, 6.07) is 0.155. The third kappa shape index (κ3) is 4.19. The summed E-state index contributed by atoms with van der Waals surface area (Å²) in [7, 11) is -3.04. The number of nitrogens with one attached hydrogen (secondary N) is 1. The zero-order valence-electron chi connectivity index (χ0n) is 13.1. The number of rotatable bonds is 6. The average Bonchev–Trinajstić information content (AvgIpc) is 2.36. The fourth-order valence-electron chi connectivity index (χ4n) is 2.91. The van der Waals surface area contributed by atoms with Gasteiger partial charge in [0.25, 0.3) is 0 Å². The molecule has 0 spiro atoms. The van der Waals surface area contributed by atoms with E-state index in [4.69, 9.17) is 0 Å². The van der Waals surface area contributed by atoms with Gasteiger partial charge in [-0.3, -0.25) is 0 Å². The van der Waals surface area contributed by atoms with Crippen molar-refractivity contribution in [1.29, 1.82) is 0 Å². The molecule has 1 fully saturated rings. The molecule has 4 heteroatoms. The van der Waals surface area contributed by atoms with Gasteiger partial charge in [0.2, 0.25) is 0 Å². The Bertz CT molecular complexity index is 362. The highest BCUT2D eigenvalue weighted by Gasteiger charge is 2.40.